The average molecular weight is 559 g/mol. The fourth-order valence-corrected chi connectivity index (χ4v) is 5.63. The zero-order valence-corrected chi connectivity index (χ0v) is 25.0. The van der Waals surface area contributed by atoms with Crippen LogP contribution >= 0.6 is 0 Å². The maximum Gasteiger partial charge on any atom is 0.306 e. The van der Waals surface area contributed by atoms with E-state index in [2.05, 4.69) is 57.5 Å². The Kier molecular flexibility index (Phi) is 8.45. The Morgan fingerprint density at radius 3 is 2.37 bits per heavy atom. The van der Waals surface area contributed by atoms with E-state index >= 15 is 0 Å². The first-order valence-corrected chi connectivity index (χ1v) is 14.9. The van der Waals surface area contributed by atoms with Crippen molar-refractivity contribution in [1.82, 2.24) is 24.4 Å². The standard InChI is InChI=1S/C32H42N6O3/c1-6-37(7-2)23-12-10-22(11-13-23)30-34-27-20-25-26(21-28(27)38(30)19-18-36-16-8-9-17-36)33-24(31(40)35-25)14-15-29(39)41-32(3,4)5/h10-13,20-21H,6-9,14-19H2,1-5H3,(H,35,40). The van der Waals surface area contributed by atoms with Gasteiger partial charge in [-0.3, -0.25) is 9.59 Å². The first kappa shape index (κ1) is 28.8. The number of esters is 1. The number of aryl methyl sites for hydroxylation is 1. The predicted molar refractivity (Wildman–Crippen MR) is 164 cm³/mol. The zero-order chi connectivity index (χ0) is 29.1. The van der Waals surface area contributed by atoms with Crippen molar-refractivity contribution in [3.05, 3.63) is 52.4 Å². The van der Waals surface area contributed by atoms with Crippen LogP contribution in [0, 0.1) is 0 Å². The highest BCUT2D eigenvalue weighted by Crippen LogP contribution is 2.29. The van der Waals surface area contributed by atoms with Crippen LogP contribution in [0.3, 0.4) is 0 Å². The van der Waals surface area contributed by atoms with E-state index in [9.17, 15) is 9.59 Å². The molecule has 2 aromatic heterocycles. The van der Waals surface area contributed by atoms with Crippen molar-refractivity contribution in [3.8, 4) is 11.4 Å². The van der Waals surface area contributed by atoms with Gasteiger partial charge in [0.05, 0.1) is 28.5 Å². The van der Waals surface area contributed by atoms with E-state index in [1.165, 1.54) is 18.5 Å². The fraction of sp³-hybridized carbons (Fsp3) is 0.500. The maximum atomic E-state index is 12.8. The molecule has 5 rings (SSSR count). The lowest BCUT2D eigenvalue weighted by Gasteiger charge is -2.21. The predicted octanol–water partition coefficient (Wildman–Crippen LogP) is 5.16. The van der Waals surface area contributed by atoms with Crippen LogP contribution < -0.4 is 10.5 Å². The van der Waals surface area contributed by atoms with E-state index in [1.807, 2.05) is 32.9 Å². The molecule has 4 aromatic rings. The summed E-state index contributed by atoms with van der Waals surface area (Å²) in [4.78, 5) is 42.7. The molecule has 3 heterocycles. The fourth-order valence-electron chi connectivity index (χ4n) is 5.63. The molecule has 1 aliphatic heterocycles. The number of hydrogen-bond acceptors (Lipinski definition) is 7. The summed E-state index contributed by atoms with van der Waals surface area (Å²) in [6.45, 7) is 15.8. The van der Waals surface area contributed by atoms with Gasteiger partial charge >= 0.3 is 5.97 Å². The summed E-state index contributed by atoms with van der Waals surface area (Å²) in [6.07, 6.45) is 2.82. The minimum atomic E-state index is -0.567. The number of carbonyl (C=O) groups excluding carboxylic acids is 1. The summed E-state index contributed by atoms with van der Waals surface area (Å²) in [7, 11) is 0. The molecule has 41 heavy (non-hydrogen) atoms. The van der Waals surface area contributed by atoms with Crippen LogP contribution in [-0.4, -0.2) is 68.7 Å². The number of likely N-dealkylation sites (tertiary alicyclic amines) is 1. The van der Waals surface area contributed by atoms with E-state index in [1.54, 1.807) is 0 Å². The van der Waals surface area contributed by atoms with Gasteiger partial charge in [0.15, 0.2) is 0 Å². The summed E-state index contributed by atoms with van der Waals surface area (Å²) in [5.74, 6) is 0.569. The van der Waals surface area contributed by atoms with E-state index in [0.717, 1.165) is 61.7 Å². The molecule has 0 atom stereocenters. The molecule has 1 aliphatic rings. The second kappa shape index (κ2) is 12.0. The quantitative estimate of drug-likeness (QED) is 0.269. The van der Waals surface area contributed by atoms with Crippen LogP contribution in [0.5, 0.6) is 0 Å². The number of nitrogens with one attached hydrogen (secondary N) is 1. The molecule has 9 heteroatoms. The smallest absolute Gasteiger partial charge is 0.306 e. The highest BCUT2D eigenvalue weighted by atomic mass is 16.6. The van der Waals surface area contributed by atoms with E-state index in [-0.39, 0.29) is 24.4 Å². The Labute approximate surface area is 241 Å². The van der Waals surface area contributed by atoms with Crippen molar-refractivity contribution in [2.24, 2.45) is 0 Å². The Morgan fingerprint density at radius 2 is 1.71 bits per heavy atom. The average Bonchev–Trinajstić information content (AvgIpc) is 3.57. The van der Waals surface area contributed by atoms with Gasteiger partial charge in [0.2, 0.25) is 0 Å². The number of H-pyrrole nitrogens is 1. The second-order valence-corrected chi connectivity index (χ2v) is 11.8. The number of rotatable bonds is 10. The molecule has 9 nitrogen and oxygen atoms in total. The summed E-state index contributed by atoms with van der Waals surface area (Å²) in [5, 5.41) is 0. The number of fused-ring (bicyclic) bond motifs is 2. The number of hydrogen-bond donors (Lipinski definition) is 1. The summed E-state index contributed by atoms with van der Waals surface area (Å²) >= 11 is 0. The van der Waals surface area contributed by atoms with Crippen molar-refractivity contribution in [1.29, 1.82) is 0 Å². The molecule has 0 saturated carbocycles. The molecule has 0 radical (unpaired) electrons. The number of aromatic amines is 1. The molecular weight excluding hydrogens is 516 g/mol. The summed E-state index contributed by atoms with van der Waals surface area (Å²) in [6, 6.07) is 12.6. The van der Waals surface area contributed by atoms with Gasteiger partial charge in [-0.25, -0.2) is 9.97 Å². The molecule has 0 amide bonds. The number of carbonyl (C=O) groups is 1. The molecule has 0 aliphatic carbocycles. The number of benzene rings is 2. The third-order valence-electron chi connectivity index (χ3n) is 7.71. The monoisotopic (exact) mass is 558 g/mol. The van der Waals surface area contributed by atoms with Gasteiger partial charge in [-0.15, -0.1) is 0 Å². The van der Waals surface area contributed by atoms with Gasteiger partial charge in [-0.2, -0.15) is 0 Å². The molecule has 1 N–H and O–H groups in total. The van der Waals surface area contributed by atoms with Crippen LogP contribution in [0.4, 0.5) is 5.69 Å². The number of ether oxygens (including phenoxy) is 1. The highest BCUT2D eigenvalue weighted by Gasteiger charge is 2.20. The normalized spacial score (nSPS) is 14.3. The van der Waals surface area contributed by atoms with Crippen LogP contribution in [0.1, 0.15) is 59.6 Å². The SMILES string of the molecule is CCN(CC)c1ccc(-c2nc3cc4[nH]c(=O)c(CCC(=O)OC(C)(C)C)nc4cc3n2CCN2CCCC2)cc1. The Hall–Kier alpha value is -3.72. The van der Waals surface area contributed by atoms with Gasteiger partial charge < -0.3 is 24.1 Å². The second-order valence-electron chi connectivity index (χ2n) is 11.8. The van der Waals surface area contributed by atoms with Crippen LogP contribution in [0.2, 0.25) is 0 Å². The lowest BCUT2D eigenvalue weighted by atomic mass is 10.1. The third-order valence-corrected chi connectivity index (χ3v) is 7.71. The van der Waals surface area contributed by atoms with Gasteiger partial charge in [0.1, 0.15) is 17.1 Å². The topological polar surface area (TPSA) is 96.4 Å². The lowest BCUT2D eigenvalue weighted by Crippen LogP contribution is -2.25. The van der Waals surface area contributed by atoms with Gasteiger partial charge in [0, 0.05) is 43.9 Å². The molecule has 0 bridgehead atoms. The molecule has 218 valence electrons. The maximum absolute atomic E-state index is 12.8. The molecule has 0 spiro atoms. The van der Waals surface area contributed by atoms with Crippen molar-refractivity contribution in [2.45, 2.75) is 72.4 Å². The van der Waals surface area contributed by atoms with Gasteiger partial charge in [-0.1, -0.05) is 0 Å². The van der Waals surface area contributed by atoms with E-state index < -0.39 is 5.60 Å². The van der Waals surface area contributed by atoms with E-state index in [4.69, 9.17) is 14.7 Å². The van der Waals surface area contributed by atoms with Crippen LogP contribution in [0.25, 0.3) is 33.5 Å². The van der Waals surface area contributed by atoms with Gasteiger partial charge in [0.25, 0.3) is 5.56 Å². The third kappa shape index (κ3) is 6.62. The van der Waals surface area contributed by atoms with Crippen molar-refractivity contribution in [3.63, 3.8) is 0 Å². The Balaban J connectivity index is 1.52. The first-order chi connectivity index (χ1) is 19.6. The number of imidazole rings is 1. The number of aromatic nitrogens is 4. The minimum Gasteiger partial charge on any atom is -0.460 e. The van der Waals surface area contributed by atoms with Crippen molar-refractivity contribution >= 4 is 33.7 Å². The Bertz CT molecular complexity index is 1570. The molecule has 2 aromatic carbocycles. The van der Waals surface area contributed by atoms with E-state index in [0.29, 0.717) is 16.7 Å². The minimum absolute atomic E-state index is 0.0997. The van der Waals surface area contributed by atoms with Crippen molar-refractivity contribution < 1.29 is 9.53 Å². The summed E-state index contributed by atoms with van der Waals surface area (Å²) in [5.41, 5.74) is 4.85. The first-order valence-electron chi connectivity index (χ1n) is 14.9. The van der Waals surface area contributed by atoms with Crippen molar-refractivity contribution in [2.75, 3.05) is 37.6 Å². The largest absolute Gasteiger partial charge is 0.460 e. The van der Waals surface area contributed by atoms with Gasteiger partial charge in [-0.05, 0) is 96.9 Å². The zero-order valence-electron chi connectivity index (χ0n) is 25.0. The molecule has 1 fully saturated rings. The summed E-state index contributed by atoms with van der Waals surface area (Å²) < 4.78 is 7.69. The lowest BCUT2D eigenvalue weighted by molar-refractivity contribution is -0.154. The molecule has 0 unspecified atom stereocenters. The molecule has 1 saturated heterocycles. The highest BCUT2D eigenvalue weighted by molar-refractivity contribution is 5.93. The Morgan fingerprint density at radius 1 is 1.00 bits per heavy atom. The molecular formula is C32H42N6O3. The number of nitrogens with zero attached hydrogens (tertiary/aromatic N) is 5. The van der Waals surface area contributed by atoms with Crippen LogP contribution in [0.15, 0.2) is 41.2 Å². The van der Waals surface area contributed by atoms with Crippen LogP contribution in [-0.2, 0) is 22.5 Å². The number of anilines is 1.